The van der Waals surface area contributed by atoms with Gasteiger partial charge in [0, 0.05) is 13.0 Å². The van der Waals surface area contributed by atoms with Crippen molar-refractivity contribution in [2.24, 2.45) is 5.73 Å². The van der Waals surface area contributed by atoms with Gasteiger partial charge in [-0.3, -0.25) is 4.79 Å². The van der Waals surface area contributed by atoms with E-state index in [0.29, 0.717) is 19.4 Å². The third kappa shape index (κ3) is 4.53. The molecule has 0 aliphatic heterocycles. The van der Waals surface area contributed by atoms with Gasteiger partial charge in [0.05, 0.1) is 12.6 Å². The lowest BCUT2D eigenvalue weighted by atomic mass is 9.92. The molecule has 0 saturated carbocycles. The summed E-state index contributed by atoms with van der Waals surface area (Å²) in [4.78, 5) is 12.1. The van der Waals surface area contributed by atoms with E-state index in [-0.39, 0.29) is 11.4 Å². The molecule has 0 heterocycles. The number of benzene rings is 1. The average molecular weight is 278 g/mol. The Morgan fingerprint density at radius 3 is 2.60 bits per heavy atom. The second-order valence-electron chi connectivity index (χ2n) is 5.09. The van der Waals surface area contributed by atoms with Crippen LogP contribution in [0.4, 0.5) is 0 Å². The largest absolute Gasteiger partial charge is 0.497 e. The van der Waals surface area contributed by atoms with Gasteiger partial charge < -0.3 is 15.8 Å². The average Bonchev–Trinajstić information content (AvgIpc) is 2.51. The summed E-state index contributed by atoms with van der Waals surface area (Å²) in [6.07, 6.45) is 2.88. The van der Waals surface area contributed by atoms with E-state index in [1.165, 1.54) is 0 Å². The van der Waals surface area contributed by atoms with Crippen molar-refractivity contribution in [3.8, 4) is 5.75 Å². The molecule has 4 heteroatoms. The first-order valence-electron chi connectivity index (χ1n) is 7.23. The van der Waals surface area contributed by atoms with Crippen molar-refractivity contribution >= 4 is 5.91 Å². The van der Waals surface area contributed by atoms with E-state index >= 15 is 0 Å². The van der Waals surface area contributed by atoms with E-state index in [1.54, 1.807) is 7.11 Å². The summed E-state index contributed by atoms with van der Waals surface area (Å²) in [7, 11) is 1.64. The molecular weight excluding hydrogens is 252 g/mol. The molecule has 0 aliphatic rings. The number of aryl methyl sites for hydroxylation is 1. The molecule has 0 aliphatic carbocycles. The van der Waals surface area contributed by atoms with Crippen LogP contribution in [0, 0.1) is 0 Å². The molecule has 1 aromatic rings. The molecule has 0 fully saturated rings. The minimum absolute atomic E-state index is 0.0574. The quantitative estimate of drug-likeness (QED) is 0.766. The maximum Gasteiger partial charge on any atom is 0.220 e. The van der Waals surface area contributed by atoms with E-state index in [1.807, 2.05) is 24.3 Å². The second kappa shape index (κ2) is 7.90. The molecule has 0 bridgehead atoms. The number of carbonyl (C=O) groups excluding carboxylic acids is 1. The highest BCUT2D eigenvalue weighted by Crippen LogP contribution is 2.16. The van der Waals surface area contributed by atoms with Gasteiger partial charge >= 0.3 is 0 Å². The molecular formula is C16H26N2O2. The molecule has 0 atom stereocenters. The summed E-state index contributed by atoms with van der Waals surface area (Å²) in [5.41, 5.74) is 6.64. The summed E-state index contributed by atoms with van der Waals surface area (Å²) < 4.78 is 5.18. The Bertz CT molecular complexity index is 420. The first kappa shape index (κ1) is 16.5. The SMILES string of the molecule is CCC(CC)(CN)NC(=O)CCc1cccc(OC)c1. The van der Waals surface area contributed by atoms with E-state index in [9.17, 15) is 4.79 Å². The molecule has 0 radical (unpaired) electrons. The van der Waals surface area contributed by atoms with Crippen molar-refractivity contribution in [1.29, 1.82) is 0 Å². The van der Waals surface area contributed by atoms with Gasteiger partial charge in [-0.1, -0.05) is 26.0 Å². The number of carbonyl (C=O) groups is 1. The Hall–Kier alpha value is -1.55. The molecule has 112 valence electrons. The zero-order valence-electron chi connectivity index (χ0n) is 12.7. The number of hydrogen-bond acceptors (Lipinski definition) is 3. The molecule has 0 unspecified atom stereocenters. The summed E-state index contributed by atoms with van der Waals surface area (Å²) in [5, 5.41) is 3.08. The topological polar surface area (TPSA) is 64.3 Å². The van der Waals surface area contributed by atoms with Gasteiger partial charge in [0.2, 0.25) is 5.91 Å². The standard InChI is InChI=1S/C16H26N2O2/c1-4-16(5-2,12-17)18-15(19)10-9-13-7-6-8-14(11-13)20-3/h6-8,11H,4-5,9-10,12,17H2,1-3H3,(H,18,19). The smallest absolute Gasteiger partial charge is 0.220 e. The minimum atomic E-state index is -0.258. The fourth-order valence-corrected chi connectivity index (χ4v) is 2.21. The molecule has 0 aromatic heterocycles. The van der Waals surface area contributed by atoms with Crippen LogP contribution in [0.25, 0.3) is 0 Å². The fraction of sp³-hybridized carbons (Fsp3) is 0.562. The number of methoxy groups -OCH3 is 1. The van der Waals surface area contributed by atoms with Crippen LogP contribution in [-0.2, 0) is 11.2 Å². The van der Waals surface area contributed by atoms with Crippen LogP contribution in [0.15, 0.2) is 24.3 Å². The summed E-state index contributed by atoms with van der Waals surface area (Å²) in [5.74, 6) is 0.878. The predicted molar refractivity (Wildman–Crippen MR) is 81.8 cm³/mol. The third-order valence-corrected chi connectivity index (χ3v) is 3.92. The van der Waals surface area contributed by atoms with Crippen LogP contribution in [0.3, 0.4) is 0 Å². The highest BCUT2D eigenvalue weighted by molar-refractivity contribution is 5.77. The number of hydrogen-bond donors (Lipinski definition) is 2. The summed E-state index contributed by atoms with van der Waals surface area (Å²) >= 11 is 0. The molecule has 1 rings (SSSR count). The number of ether oxygens (including phenoxy) is 1. The predicted octanol–water partition coefficient (Wildman–Crippen LogP) is 2.26. The minimum Gasteiger partial charge on any atom is -0.497 e. The van der Waals surface area contributed by atoms with E-state index < -0.39 is 0 Å². The monoisotopic (exact) mass is 278 g/mol. The lowest BCUT2D eigenvalue weighted by Crippen LogP contribution is -2.52. The lowest BCUT2D eigenvalue weighted by Gasteiger charge is -2.31. The maximum atomic E-state index is 12.1. The second-order valence-corrected chi connectivity index (χ2v) is 5.09. The first-order valence-corrected chi connectivity index (χ1v) is 7.23. The number of amides is 1. The zero-order chi connectivity index (χ0) is 15.0. The van der Waals surface area contributed by atoms with Gasteiger partial charge in [0.25, 0.3) is 0 Å². The molecule has 1 aromatic carbocycles. The fourth-order valence-electron chi connectivity index (χ4n) is 2.21. The third-order valence-electron chi connectivity index (χ3n) is 3.92. The molecule has 1 amide bonds. The Balaban J connectivity index is 2.54. The van der Waals surface area contributed by atoms with Crippen molar-refractivity contribution in [3.05, 3.63) is 29.8 Å². The van der Waals surface area contributed by atoms with Crippen LogP contribution in [-0.4, -0.2) is 25.1 Å². The van der Waals surface area contributed by atoms with Crippen LogP contribution in [0.5, 0.6) is 5.75 Å². The zero-order valence-corrected chi connectivity index (χ0v) is 12.7. The van der Waals surface area contributed by atoms with E-state index in [2.05, 4.69) is 19.2 Å². The molecule has 0 saturated heterocycles. The van der Waals surface area contributed by atoms with Gasteiger partial charge in [0.1, 0.15) is 5.75 Å². The van der Waals surface area contributed by atoms with Crippen LogP contribution < -0.4 is 15.8 Å². The summed E-state index contributed by atoms with van der Waals surface area (Å²) in [6, 6.07) is 7.81. The first-order chi connectivity index (χ1) is 9.59. The maximum absolute atomic E-state index is 12.1. The normalized spacial score (nSPS) is 11.2. The molecule has 4 nitrogen and oxygen atoms in total. The van der Waals surface area contributed by atoms with Crippen molar-refractivity contribution in [1.82, 2.24) is 5.32 Å². The van der Waals surface area contributed by atoms with Gasteiger partial charge in [0.15, 0.2) is 0 Å². The number of nitrogens with one attached hydrogen (secondary N) is 1. The van der Waals surface area contributed by atoms with Crippen LogP contribution in [0.1, 0.15) is 38.7 Å². The Kier molecular flexibility index (Phi) is 6.52. The number of nitrogens with two attached hydrogens (primary N) is 1. The van der Waals surface area contributed by atoms with Crippen molar-refractivity contribution < 1.29 is 9.53 Å². The van der Waals surface area contributed by atoms with Gasteiger partial charge in [-0.15, -0.1) is 0 Å². The van der Waals surface area contributed by atoms with Crippen molar-refractivity contribution in [2.45, 2.75) is 45.1 Å². The van der Waals surface area contributed by atoms with Crippen molar-refractivity contribution in [3.63, 3.8) is 0 Å². The van der Waals surface area contributed by atoms with Crippen molar-refractivity contribution in [2.75, 3.05) is 13.7 Å². The summed E-state index contributed by atoms with van der Waals surface area (Å²) in [6.45, 7) is 4.59. The lowest BCUT2D eigenvalue weighted by molar-refractivity contribution is -0.123. The molecule has 3 N–H and O–H groups in total. The highest BCUT2D eigenvalue weighted by atomic mass is 16.5. The van der Waals surface area contributed by atoms with E-state index in [0.717, 1.165) is 24.2 Å². The highest BCUT2D eigenvalue weighted by Gasteiger charge is 2.25. The Morgan fingerprint density at radius 2 is 2.05 bits per heavy atom. The van der Waals surface area contributed by atoms with E-state index in [4.69, 9.17) is 10.5 Å². The number of rotatable bonds is 8. The van der Waals surface area contributed by atoms with Gasteiger partial charge in [-0.2, -0.15) is 0 Å². The molecule has 0 spiro atoms. The Labute approximate surface area is 121 Å². The van der Waals surface area contributed by atoms with Crippen LogP contribution >= 0.6 is 0 Å². The Morgan fingerprint density at radius 1 is 1.35 bits per heavy atom. The van der Waals surface area contributed by atoms with Gasteiger partial charge in [-0.25, -0.2) is 0 Å². The van der Waals surface area contributed by atoms with Gasteiger partial charge in [-0.05, 0) is 37.0 Å². The van der Waals surface area contributed by atoms with Crippen LogP contribution in [0.2, 0.25) is 0 Å². The molecule has 20 heavy (non-hydrogen) atoms.